The predicted molar refractivity (Wildman–Crippen MR) is 75.8 cm³/mol. The molecular formula is C13H13ClN4O. The first-order chi connectivity index (χ1) is 9.06. The average molecular weight is 277 g/mol. The van der Waals surface area contributed by atoms with Crippen molar-refractivity contribution < 1.29 is 4.79 Å². The lowest BCUT2D eigenvalue weighted by molar-refractivity contribution is 0.102. The van der Waals surface area contributed by atoms with Gasteiger partial charge in [0.15, 0.2) is 10.8 Å². The topological polar surface area (TPSA) is 58.1 Å². The van der Waals surface area contributed by atoms with Gasteiger partial charge in [0.05, 0.1) is 0 Å². The van der Waals surface area contributed by atoms with E-state index in [0.29, 0.717) is 5.69 Å². The standard InChI is InChI=1S/C13H13ClN4O/c1-18(2)10-5-3-9(4-6-10)15-13(19)11-7-8-12(14)17-16-11/h3-8H,1-2H3,(H,15,19). The fourth-order valence-corrected chi connectivity index (χ4v) is 1.58. The number of nitrogens with zero attached hydrogens (tertiary/aromatic N) is 3. The molecule has 98 valence electrons. The molecule has 0 unspecified atom stereocenters. The molecule has 0 aliphatic heterocycles. The van der Waals surface area contributed by atoms with Gasteiger partial charge >= 0.3 is 0 Å². The van der Waals surface area contributed by atoms with E-state index in [-0.39, 0.29) is 16.8 Å². The molecule has 1 aromatic carbocycles. The molecule has 0 saturated carbocycles. The van der Waals surface area contributed by atoms with Gasteiger partial charge in [0.1, 0.15) is 0 Å². The first kappa shape index (κ1) is 13.3. The van der Waals surface area contributed by atoms with E-state index in [4.69, 9.17) is 11.6 Å². The molecule has 0 fully saturated rings. The minimum Gasteiger partial charge on any atom is -0.378 e. The van der Waals surface area contributed by atoms with Crippen molar-refractivity contribution in [2.75, 3.05) is 24.3 Å². The molecule has 1 N–H and O–H groups in total. The largest absolute Gasteiger partial charge is 0.378 e. The maximum atomic E-state index is 11.9. The fraction of sp³-hybridized carbons (Fsp3) is 0.154. The normalized spacial score (nSPS) is 10.1. The Kier molecular flexibility index (Phi) is 3.97. The van der Waals surface area contributed by atoms with Gasteiger partial charge in [-0.05, 0) is 36.4 Å². The first-order valence-corrected chi connectivity index (χ1v) is 6.02. The highest BCUT2D eigenvalue weighted by molar-refractivity contribution is 6.29. The van der Waals surface area contributed by atoms with Crippen LogP contribution in [0, 0.1) is 0 Å². The number of anilines is 2. The lowest BCUT2D eigenvalue weighted by Crippen LogP contribution is -2.14. The summed E-state index contributed by atoms with van der Waals surface area (Å²) in [5.41, 5.74) is 1.98. The summed E-state index contributed by atoms with van der Waals surface area (Å²) in [5.74, 6) is -0.318. The minimum absolute atomic E-state index is 0.223. The van der Waals surface area contributed by atoms with Gasteiger partial charge in [0.2, 0.25) is 0 Å². The Labute approximate surface area is 116 Å². The number of carbonyl (C=O) groups excluding carboxylic acids is 1. The van der Waals surface area contributed by atoms with Crippen LogP contribution in [0.5, 0.6) is 0 Å². The van der Waals surface area contributed by atoms with Gasteiger partial charge in [-0.25, -0.2) is 0 Å². The van der Waals surface area contributed by atoms with Gasteiger partial charge in [-0.3, -0.25) is 4.79 Å². The van der Waals surface area contributed by atoms with Crippen LogP contribution >= 0.6 is 11.6 Å². The number of benzene rings is 1. The maximum absolute atomic E-state index is 11.9. The van der Waals surface area contributed by atoms with Gasteiger partial charge < -0.3 is 10.2 Å². The van der Waals surface area contributed by atoms with E-state index in [1.165, 1.54) is 12.1 Å². The van der Waals surface area contributed by atoms with Crippen LogP contribution in [0.2, 0.25) is 5.15 Å². The first-order valence-electron chi connectivity index (χ1n) is 5.64. The van der Waals surface area contributed by atoms with Crippen LogP contribution in [0.4, 0.5) is 11.4 Å². The molecule has 1 amide bonds. The van der Waals surface area contributed by atoms with E-state index in [1.807, 2.05) is 43.3 Å². The summed E-state index contributed by atoms with van der Waals surface area (Å²) in [7, 11) is 3.91. The Morgan fingerprint density at radius 1 is 1.11 bits per heavy atom. The zero-order valence-electron chi connectivity index (χ0n) is 10.6. The van der Waals surface area contributed by atoms with Gasteiger partial charge in [-0.2, -0.15) is 0 Å². The van der Waals surface area contributed by atoms with Crippen LogP contribution in [0.15, 0.2) is 36.4 Å². The number of halogens is 1. The van der Waals surface area contributed by atoms with Crippen molar-refractivity contribution in [3.05, 3.63) is 47.2 Å². The van der Waals surface area contributed by atoms with Crippen molar-refractivity contribution in [1.29, 1.82) is 0 Å². The minimum atomic E-state index is -0.318. The Morgan fingerprint density at radius 2 is 1.79 bits per heavy atom. The van der Waals surface area contributed by atoms with Gasteiger partial charge in [0.25, 0.3) is 5.91 Å². The van der Waals surface area contributed by atoms with Crippen molar-refractivity contribution in [3.8, 4) is 0 Å². The molecular weight excluding hydrogens is 264 g/mol. The number of amides is 1. The van der Waals surface area contributed by atoms with E-state index < -0.39 is 0 Å². The van der Waals surface area contributed by atoms with Crippen molar-refractivity contribution in [1.82, 2.24) is 10.2 Å². The Hall–Kier alpha value is -2.14. The van der Waals surface area contributed by atoms with E-state index >= 15 is 0 Å². The second-order valence-corrected chi connectivity index (χ2v) is 4.52. The molecule has 0 radical (unpaired) electrons. The molecule has 19 heavy (non-hydrogen) atoms. The predicted octanol–water partition coefficient (Wildman–Crippen LogP) is 2.45. The van der Waals surface area contributed by atoms with E-state index in [1.54, 1.807) is 0 Å². The van der Waals surface area contributed by atoms with Crippen LogP contribution in [0.1, 0.15) is 10.5 Å². The molecule has 2 rings (SSSR count). The highest BCUT2D eigenvalue weighted by atomic mass is 35.5. The van der Waals surface area contributed by atoms with Gasteiger partial charge in [0, 0.05) is 25.5 Å². The lowest BCUT2D eigenvalue weighted by Gasteiger charge is -2.12. The summed E-state index contributed by atoms with van der Waals surface area (Å²) >= 11 is 5.61. The third kappa shape index (κ3) is 3.42. The molecule has 0 aliphatic carbocycles. The Bertz CT molecular complexity index is 566. The number of nitrogens with one attached hydrogen (secondary N) is 1. The van der Waals surface area contributed by atoms with Crippen LogP contribution in [-0.2, 0) is 0 Å². The molecule has 1 aromatic heterocycles. The van der Waals surface area contributed by atoms with Gasteiger partial charge in [-0.15, -0.1) is 10.2 Å². The molecule has 2 aromatic rings. The van der Waals surface area contributed by atoms with Crippen LogP contribution < -0.4 is 10.2 Å². The van der Waals surface area contributed by atoms with Crippen LogP contribution in [0.3, 0.4) is 0 Å². The molecule has 0 aliphatic rings. The molecule has 0 atom stereocenters. The number of carbonyl (C=O) groups is 1. The highest BCUT2D eigenvalue weighted by Gasteiger charge is 2.08. The summed E-state index contributed by atoms with van der Waals surface area (Å²) in [6, 6.07) is 10.6. The van der Waals surface area contributed by atoms with Crippen LogP contribution in [-0.4, -0.2) is 30.2 Å². The van der Waals surface area contributed by atoms with Crippen molar-refractivity contribution in [2.45, 2.75) is 0 Å². The molecule has 0 saturated heterocycles. The molecule has 5 nitrogen and oxygen atoms in total. The average Bonchev–Trinajstić information content (AvgIpc) is 2.40. The van der Waals surface area contributed by atoms with E-state index in [9.17, 15) is 4.79 Å². The number of hydrogen-bond donors (Lipinski definition) is 1. The molecule has 0 spiro atoms. The van der Waals surface area contributed by atoms with Crippen molar-refractivity contribution in [3.63, 3.8) is 0 Å². The monoisotopic (exact) mass is 276 g/mol. The summed E-state index contributed by atoms with van der Waals surface area (Å²) in [5, 5.41) is 10.3. The third-order valence-electron chi connectivity index (χ3n) is 2.51. The van der Waals surface area contributed by atoms with Crippen LogP contribution in [0.25, 0.3) is 0 Å². The zero-order valence-corrected chi connectivity index (χ0v) is 11.3. The molecule has 6 heteroatoms. The summed E-state index contributed by atoms with van der Waals surface area (Å²) in [6.07, 6.45) is 0. The SMILES string of the molecule is CN(C)c1ccc(NC(=O)c2ccc(Cl)nn2)cc1. The highest BCUT2D eigenvalue weighted by Crippen LogP contribution is 2.16. The third-order valence-corrected chi connectivity index (χ3v) is 2.71. The van der Waals surface area contributed by atoms with Crippen molar-refractivity contribution >= 4 is 28.9 Å². The van der Waals surface area contributed by atoms with Gasteiger partial charge in [-0.1, -0.05) is 11.6 Å². The van der Waals surface area contributed by atoms with E-state index in [0.717, 1.165) is 5.69 Å². The maximum Gasteiger partial charge on any atom is 0.276 e. The smallest absolute Gasteiger partial charge is 0.276 e. The summed E-state index contributed by atoms with van der Waals surface area (Å²) in [6.45, 7) is 0. The quantitative estimate of drug-likeness (QED) is 0.935. The molecule has 1 heterocycles. The molecule has 0 bridgehead atoms. The number of aromatic nitrogens is 2. The lowest BCUT2D eigenvalue weighted by atomic mass is 10.2. The Balaban J connectivity index is 2.08. The van der Waals surface area contributed by atoms with Crippen molar-refractivity contribution in [2.24, 2.45) is 0 Å². The summed E-state index contributed by atoms with van der Waals surface area (Å²) in [4.78, 5) is 13.9. The zero-order chi connectivity index (χ0) is 13.8. The second kappa shape index (κ2) is 5.67. The second-order valence-electron chi connectivity index (χ2n) is 4.14. The van der Waals surface area contributed by atoms with E-state index in [2.05, 4.69) is 15.5 Å². The fourth-order valence-electron chi connectivity index (χ4n) is 1.48. The number of hydrogen-bond acceptors (Lipinski definition) is 4. The number of rotatable bonds is 3. The summed E-state index contributed by atoms with van der Waals surface area (Å²) < 4.78 is 0. The Morgan fingerprint density at radius 3 is 2.32 bits per heavy atom.